The maximum atomic E-state index is 13.0. The first-order chi connectivity index (χ1) is 20.1. The number of halogens is 3. The lowest BCUT2D eigenvalue weighted by Gasteiger charge is -2.31. The van der Waals surface area contributed by atoms with Crippen LogP contribution in [0.4, 0.5) is 18.9 Å². The first-order valence-electron chi connectivity index (χ1n) is 13.3. The average molecular weight is 579 g/mol. The van der Waals surface area contributed by atoms with Gasteiger partial charge >= 0.3 is 6.36 Å². The van der Waals surface area contributed by atoms with Crippen LogP contribution < -0.4 is 19.7 Å². The van der Waals surface area contributed by atoms with Gasteiger partial charge in [-0.15, -0.1) is 13.2 Å². The summed E-state index contributed by atoms with van der Waals surface area (Å²) in [5, 5.41) is 22.2. The average Bonchev–Trinajstić information content (AvgIpc) is 2.96. The molecule has 0 aromatic heterocycles. The smallest absolute Gasteiger partial charge is 0.490 e. The molecule has 0 saturated heterocycles. The van der Waals surface area contributed by atoms with E-state index in [9.17, 15) is 28.2 Å². The predicted octanol–water partition coefficient (Wildman–Crippen LogP) is 6.13. The van der Waals surface area contributed by atoms with Gasteiger partial charge in [0.05, 0.1) is 18.3 Å². The molecule has 0 aliphatic carbocycles. The fraction of sp³-hybridized carbons (Fsp3) is 0.219. The molecule has 1 amide bonds. The predicted molar refractivity (Wildman–Crippen MR) is 151 cm³/mol. The monoisotopic (exact) mass is 578 g/mol. The van der Waals surface area contributed by atoms with E-state index < -0.39 is 24.6 Å². The molecule has 0 bridgehead atoms. The van der Waals surface area contributed by atoms with Crippen molar-refractivity contribution in [3.8, 4) is 22.6 Å². The summed E-state index contributed by atoms with van der Waals surface area (Å²) in [6.45, 7) is 3.35. The van der Waals surface area contributed by atoms with Gasteiger partial charge in [-0.05, 0) is 59.5 Å². The zero-order valence-electron chi connectivity index (χ0n) is 22.6. The van der Waals surface area contributed by atoms with Crippen LogP contribution in [0.2, 0.25) is 0 Å². The summed E-state index contributed by atoms with van der Waals surface area (Å²) >= 11 is 0. The number of carbonyl (C=O) groups is 1. The van der Waals surface area contributed by atoms with Crippen molar-refractivity contribution in [2.75, 3.05) is 18.1 Å². The zero-order chi connectivity index (χ0) is 29.9. The Morgan fingerprint density at radius 1 is 1.00 bits per heavy atom. The molecule has 42 heavy (non-hydrogen) atoms. The number of anilines is 1. The maximum Gasteiger partial charge on any atom is 0.573 e. The van der Waals surface area contributed by atoms with Crippen LogP contribution in [0.25, 0.3) is 11.1 Å². The Morgan fingerprint density at radius 2 is 1.76 bits per heavy atom. The molecular weight excluding hydrogens is 549 g/mol. The molecule has 0 saturated carbocycles. The molecule has 0 spiro atoms. The van der Waals surface area contributed by atoms with Crippen LogP contribution in [-0.2, 0) is 6.54 Å². The number of benzene rings is 4. The Morgan fingerprint density at radius 3 is 2.50 bits per heavy atom. The summed E-state index contributed by atoms with van der Waals surface area (Å²) in [6.07, 6.45) is -6.37. The van der Waals surface area contributed by atoms with E-state index in [1.165, 1.54) is 18.2 Å². The molecule has 1 aliphatic heterocycles. The highest BCUT2D eigenvalue weighted by Gasteiger charge is 2.31. The van der Waals surface area contributed by atoms with Crippen LogP contribution in [0.1, 0.15) is 46.3 Å². The molecule has 0 unspecified atom stereocenters. The van der Waals surface area contributed by atoms with Gasteiger partial charge in [-0.25, -0.2) is 0 Å². The van der Waals surface area contributed by atoms with E-state index in [2.05, 4.69) is 15.0 Å². The minimum absolute atomic E-state index is 0.355. The highest BCUT2D eigenvalue weighted by molar-refractivity contribution is 5.95. The summed E-state index contributed by atoms with van der Waals surface area (Å²) in [4.78, 5) is 15.1. The lowest BCUT2D eigenvalue weighted by Crippen LogP contribution is -2.32. The zero-order valence-corrected chi connectivity index (χ0v) is 22.6. The van der Waals surface area contributed by atoms with E-state index in [0.717, 1.165) is 22.4 Å². The Kier molecular flexibility index (Phi) is 8.37. The molecule has 1 heterocycles. The third-order valence-corrected chi connectivity index (χ3v) is 7.00. The van der Waals surface area contributed by atoms with E-state index in [-0.39, 0.29) is 5.75 Å². The highest BCUT2D eigenvalue weighted by Crippen LogP contribution is 2.34. The van der Waals surface area contributed by atoms with Crippen LogP contribution in [-0.4, -0.2) is 35.6 Å². The van der Waals surface area contributed by atoms with Crippen LogP contribution in [0.5, 0.6) is 11.5 Å². The first kappa shape index (κ1) is 29.0. The van der Waals surface area contributed by atoms with Gasteiger partial charge in [0.1, 0.15) is 18.1 Å². The molecule has 4 aromatic carbocycles. The molecule has 1 aliphatic rings. The van der Waals surface area contributed by atoms with Crippen molar-refractivity contribution in [1.29, 1.82) is 0 Å². The number of rotatable bonds is 8. The van der Waals surface area contributed by atoms with E-state index in [1.807, 2.05) is 42.5 Å². The van der Waals surface area contributed by atoms with E-state index in [4.69, 9.17) is 4.74 Å². The van der Waals surface area contributed by atoms with E-state index in [1.54, 1.807) is 37.3 Å². The Hall–Kier alpha value is -4.54. The van der Waals surface area contributed by atoms with Crippen molar-refractivity contribution < 1.29 is 37.7 Å². The van der Waals surface area contributed by atoms with Crippen LogP contribution >= 0.6 is 0 Å². The van der Waals surface area contributed by atoms with Crippen molar-refractivity contribution in [1.82, 2.24) is 5.32 Å². The summed E-state index contributed by atoms with van der Waals surface area (Å²) in [7, 11) is 0. The number of nitrogens with zero attached hydrogens (tertiary/aromatic N) is 1. The standard InChI is InChI=1S/C32H29F3N2O5/c1-20(23-5-4-6-25(17-23)42-32(33,34)35)36-30(38)24-13-14-28-29(18-24)41-16-15-37(28)19-21-9-11-22(12-10-21)26-7-2-3-8-27(26)31(39)40/h2-14,17-18,20,31,39-40H,15-16,19H2,1H3,(H,36,38)/t20-/m0/s1. The molecule has 7 nitrogen and oxygen atoms in total. The van der Waals surface area contributed by atoms with Gasteiger partial charge in [0.15, 0.2) is 6.29 Å². The van der Waals surface area contributed by atoms with Gasteiger partial charge in [0, 0.05) is 17.7 Å². The number of nitrogens with one attached hydrogen (secondary N) is 1. The van der Waals surface area contributed by atoms with Gasteiger partial charge in [-0.3, -0.25) is 4.79 Å². The molecule has 218 valence electrons. The van der Waals surface area contributed by atoms with Gasteiger partial charge in [0.25, 0.3) is 5.91 Å². The van der Waals surface area contributed by atoms with E-state index in [0.29, 0.717) is 42.1 Å². The third kappa shape index (κ3) is 6.84. The summed E-state index contributed by atoms with van der Waals surface area (Å²) in [5.74, 6) is -0.187. The first-order valence-corrected chi connectivity index (χ1v) is 13.3. The van der Waals surface area contributed by atoms with Gasteiger partial charge in [-0.1, -0.05) is 60.7 Å². The van der Waals surface area contributed by atoms with Gasteiger partial charge in [-0.2, -0.15) is 0 Å². The van der Waals surface area contributed by atoms with E-state index >= 15 is 0 Å². The van der Waals surface area contributed by atoms with Crippen LogP contribution in [0.15, 0.2) is 91.0 Å². The van der Waals surface area contributed by atoms with Crippen molar-refractivity contribution in [2.24, 2.45) is 0 Å². The SMILES string of the molecule is C[C@H](NC(=O)c1ccc2c(c1)OCCN2Cc1ccc(-c2ccccc2C(O)O)cc1)c1cccc(OC(F)(F)F)c1. The maximum absolute atomic E-state index is 13.0. The molecular formula is C32H29F3N2O5. The van der Waals surface area contributed by atoms with Crippen molar-refractivity contribution in [2.45, 2.75) is 32.2 Å². The molecule has 3 N–H and O–H groups in total. The van der Waals surface area contributed by atoms with Crippen LogP contribution in [0, 0.1) is 0 Å². The largest absolute Gasteiger partial charge is 0.573 e. The van der Waals surface area contributed by atoms with Crippen molar-refractivity contribution in [3.05, 3.63) is 113 Å². The molecule has 0 radical (unpaired) electrons. The number of alkyl halides is 3. The second kappa shape index (κ2) is 12.1. The normalized spacial score (nSPS) is 13.7. The molecule has 1 atom stereocenters. The number of hydrogen-bond donors (Lipinski definition) is 3. The highest BCUT2D eigenvalue weighted by atomic mass is 19.4. The summed E-state index contributed by atoms with van der Waals surface area (Å²) < 4.78 is 47.6. The van der Waals surface area contributed by atoms with Gasteiger partial charge in [0.2, 0.25) is 0 Å². The Balaban J connectivity index is 1.26. The second-order valence-corrected chi connectivity index (χ2v) is 9.93. The number of hydrogen-bond acceptors (Lipinski definition) is 6. The molecule has 4 aromatic rings. The second-order valence-electron chi connectivity index (χ2n) is 9.93. The third-order valence-electron chi connectivity index (χ3n) is 7.00. The number of ether oxygens (including phenoxy) is 2. The van der Waals surface area contributed by atoms with Gasteiger partial charge < -0.3 is 29.9 Å². The lowest BCUT2D eigenvalue weighted by atomic mass is 9.98. The van der Waals surface area contributed by atoms with Crippen LogP contribution in [0.3, 0.4) is 0 Å². The Labute approximate surface area is 240 Å². The summed E-state index contributed by atoms with van der Waals surface area (Å²) in [5.41, 5.74) is 4.76. The fourth-order valence-electron chi connectivity index (χ4n) is 4.92. The number of aliphatic hydroxyl groups excluding tert-OH is 1. The minimum Gasteiger partial charge on any atom is -0.490 e. The topological polar surface area (TPSA) is 91.3 Å². The fourth-order valence-corrected chi connectivity index (χ4v) is 4.92. The minimum atomic E-state index is -4.80. The molecule has 0 fully saturated rings. The summed E-state index contributed by atoms with van der Waals surface area (Å²) in [6, 6.07) is 25.1. The number of fused-ring (bicyclic) bond motifs is 1. The quantitative estimate of drug-likeness (QED) is 0.218. The van der Waals surface area contributed by atoms with Crippen molar-refractivity contribution in [3.63, 3.8) is 0 Å². The number of aliphatic hydroxyl groups is 2. The number of amides is 1. The molecule has 5 rings (SSSR count). The Bertz CT molecular complexity index is 1560. The number of carbonyl (C=O) groups excluding carboxylic acids is 1. The van der Waals surface area contributed by atoms with Crippen molar-refractivity contribution >= 4 is 11.6 Å². The lowest BCUT2D eigenvalue weighted by molar-refractivity contribution is -0.274. The molecule has 10 heteroatoms.